The molecule has 0 aliphatic rings. The van der Waals surface area contributed by atoms with Gasteiger partial charge in [0.2, 0.25) is 0 Å². The maximum atomic E-state index is 6.09. The van der Waals surface area contributed by atoms with Crippen LogP contribution in [0.25, 0.3) is 11.0 Å². The molecule has 0 atom stereocenters. The average Bonchev–Trinajstić information content (AvgIpc) is 2.92. The molecule has 0 saturated heterocycles. The Kier molecular flexibility index (Phi) is 4.53. The third-order valence-electron chi connectivity index (χ3n) is 4.02. The molecule has 0 amide bonds. The molecular formula is C19H21NO3. The highest BCUT2D eigenvalue weighted by atomic mass is 16.5. The Bertz CT molecular complexity index is 807. The Morgan fingerprint density at radius 2 is 1.87 bits per heavy atom. The fraction of sp³-hybridized carbons (Fsp3) is 0.263. The zero-order valence-electron chi connectivity index (χ0n) is 13.5. The van der Waals surface area contributed by atoms with E-state index in [1.807, 2.05) is 36.4 Å². The van der Waals surface area contributed by atoms with Gasteiger partial charge in [0.25, 0.3) is 0 Å². The summed E-state index contributed by atoms with van der Waals surface area (Å²) >= 11 is 0. The summed E-state index contributed by atoms with van der Waals surface area (Å²) in [7, 11) is 3.35. The summed E-state index contributed by atoms with van der Waals surface area (Å²) in [4.78, 5) is 0. The smallest absolute Gasteiger partial charge is 0.134 e. The molecule has 0 radical (unpaired) electrons. The summed E-state index contributed by atoms with van der Waals surface area (Å²) in [5.74, 6) is 2.62. The number of benzene rings is 2. The summed E-state index contributed by atoms with van der Waals surface area (Å²) in [6, 6.07) is 13.8. The molecular weight excluding hydrogens is 290 g/mol. The third-order valence-corrected chi connectivity index (χ3v) is 4.02. The lowest BCUT2D eigenvalue weighted by atomic mass is 10.0. The van der Waals surface area contributed by atoms with Gasteiger partial charge in [0.1, 0.15) is 22.8 Å². The lowest BCUT2D eigenvalue weighted by Gasteiger charge is -2.08. The zero-order valence-corrected chi connectivity index (χ0v) is 13.5. The standard InChI is InChI=1S/C19H21NO3/c1-21-14-7-8-18-16(12-14)15(9-10-20)19(23-18)11-13-5-3-4-6-17(13)22-2/h3-8,12H,9-11,20H2,1-2H3. The Morgan fingerprint density at radius 1 is 1.04 bits per heavy atom. The first-order valence-corrected chi connectivity index (χ1v) is 7.67. The molecule has 2 N–H and O–H groups in total. The molecule has 0 fully saturated rings. The predicted octanol–water partition coefficient (Wildman–Crippen LogP) is 3.54. The second-order valence-corrected chi connectivity index (χ2v) is 5.39. The molecule has 0 unspecified atom stereocenters. The fourth-order valence-corrected chi connectivity index (χ4v) is 2.89. The lowest BCUT2D eigenvalue weighted by molar-refractivity contribution is 0.409. The van der Waals surface area contributed by atoms with Crippen molar-refractivity contribution in [2.45, 2.75) is 12.8 Å². The fourth-order valence-electron chi connectivity index (χ4n) is 2.89. The van der Waals surface area contributed by atoms with Gasteiger partial charge in [0, 0.05) is 22.9 Å². The number of rotatable bonds is 6. The lowest BCUT2D eigenvalue weighted by Crippen LogP contribution is -2.04. The van der Waals surface area contributed by atoms with E-state index < -0.39 is 0 Å². The highest BCUT2D eigenvalue weighted by Gasteiger charge is 2.16. The topological polar surface area (TPSA) is 57.6 Å². The van der Waals surface area contributed by atoms with Crippen LogP contribution in [0.15, 0.2) is 46.9 Å². The summed E-state index contributed by atoms with van der Waals surface area (Å²) in [5.41, 5.74) is 8.90. The van der Waals surface area contributed by atoms with Gasteiger partial charge in [-0.2, -0.15) is 0 Å². The minimum Gasteiger partial charge on any atom is -0.497 e. The van der Waals surface area contributed by atoms with Crippen molar-refractivity contribution in [2.75, 3.05) is 20.8 Å². The van der Waals surface area contributed by atoms with Gasteiger partial charge in [-0.3, -0.25) is 0 Å². The van der Waals surface area contributed by atoms with Gasteiger partial charge in [0.15, 0.2) is 0 Å². The Morgan fingerprint density at radius 3 is 2.61 bits per heavy atom. The van der Waals surface area contributed by atoms with Gasteiger partial charge in [-0.25, -0.2) is 0 Å². The van der Waals surface area contributed by atoms with Crippen LogP contribution >= 0.6 is 0 Å². The van der Waals surface area contributed by atoms with E-state index in [1.165, 1.54) is 0 Å². The second kappa shape index (κ2) is 6.75. The van der Waals surface area contributed by atoms with Gasteiger partial charge < -0.3 is 19.6 Å². The maximum Gasteiger partial charge on any atom is 0.134 e. The summed E-state index contributed by atoms with van der Waals surface area (Å²) in [6.07, 6.45) is 1.45. The number of hydrogen-bond donors (Lipinski definition) is 1. The van der Waals surface area contributed by atoms with Gasteiger partial charge in [-0.1, -0.05) is 18.2 Å². The van der Waals surface area contributed by atoms with Crippen molar-refractivity contribution in [3.8, 4) is 11.5 Å². The number of ether oxygens (including phenoxy) is 2. The van der Waals surface area contributed by atoms with Crippen LogP contribution in [-0.2, 0) is 12.8 Å². The van der Waals surface area contributed by atoms with E-state index in [4.69, 9.17) is 19.6 Å². The van der Waals surface area contributed by atoms with Crippen molar-refractivity contribution in [3.05, 3.63) is 59.4 Å². The number of methoxy groups -OCH3 is 2. The monoisotopic (exact) mass is 311 g/mol. The minimum atomic E-state index is 0.574. The Balaban J connectivity index is 2.07. The summed E-state index contributed by atoms with van der Waals surface area (Å²) in [5, 5.41) is 1.07. The van der Waals surface area contributed by atoms with Gasteiger partial charge in [-0.05, 0) is 37.2 Å². The van der Waals surface area contributed by atoms with E-state index in [9.17, 15) is 0 Å². The first-order valence-electron chi connectivity index (χ1n) is 7.67. The summed E-state index contributed by atoms with van der Waals surface area (Å²) in [6.45, 7) is 0.574. The van der Waals surface area contributed by atoms with E-state index in [0.717, 1.165) is 45.8 Å². The van der Waals surface area contributed by atoms with E-state index in [2.05, 4.69) is 6.07 Å². The molecule has 0 saturated carbocycles. The van der Waals surface area contributed by atoms with Crippen LogP contribution in [0.2, 0.25) is 0 Å². The largest absolute Gasteiger partial charge is 0.497 e. The number of fused-ring (bicyclic) bond motifs is 1. The van der Waals surface area contributed by atoms with Gasteiger partial charge in [0.05, 0.1) is 14.2 Å². The van der Waals surface area contributed by atoms with Crippen molar-refractivity contribution >= 4 is 11.0 Å². The van der Waals surface area contributed by atoms with E-state index in [0.29, 0.717) is 13.0 Å². The van der Waals surface area contributed by atoms with Crippen molar-refractivity contribution in [2.24, 2.45) is 5.73 Å². The second-order valence-electron chi connectivity index (χ2n) is 5.39. The van der Waals surface area contributed by atoms with Crippen LogP contribution in [0, 0.1) is 0 Å². The SMILES string of the molecule is COc1ccc2oc(Cc3ccccc3OC)c(CCN)c2c1. The van der Waals surface area contributed by atoms with Crippen molar-refractivity contribution < 1.29 is 13.9 Å². The van der Waals surface area contributed by atoms with Crippen LogP contribution in [0.1, 0.15) is 16.9 Å². The molecule has 1 aromatic heterocycles. The van der Waals surface area contributed by atoms with Crippen LogP contribution in [-0.4, -0.2) is 20.8 Å². The van der Waals surface area contributed by atoms with Crippen molar-refractivity contribution in [1.82, 2.24) is 0 Å². The van der Waals surface area contributed by atoms with Gasteiger partial charge in [-0.15, -0.1) is 0 Å². The van der Waals surface area contributed by atoms with Crippen LogP contribution in [0.3, 0.4) is 0 Å². The molecule has 4 heteroatoms. The summed E-state index contributed by atoms with van der Waals surface area (Å²) < 4.78 is 16.9. The van der Waals surface area contributed by atoms with Crippen LogP contribution in [0.5, 0.6) is 11.5 Å². The molecule has 3 rings (SSSR count). The first-order chi connectivity index (χ1) is 11.3. The van der Waals surface area contributed by atoms with Crippen LogP contribution < -0.4 is 15.2 Å². The van der Waals surface area contributed by atoms with E-state index in [-0.39, 0.29) is 0 Å². The number of para-hydroxylation sites is 1. The normalized spacial score (nSPS) is 10.9. The Hall–Kier alpha value is -2.46. The average molecular weight is 311 g/mol. The van der Waals surface area contributed by atoms with Crippen molar-refractivity contribution in [1.29, 1.82) is 0 Å². The molecule has 0 bridgehead atoms. The number of hydrogen-bond acceptors (Lipinski definition) is 4. The minimum absolute atomic E-state index is 0.574. The van der Waals surface area contributed by atoms with E-state index >= 15 is 0 Å². The molecule has 0 aliphatic carbocycles. The number of furan rings is 1. The molecule has 0 aliphatic heterocycles. The first kappa shape index (κ1) is 15.4. The van der Waals surface area contributed by atoms with Gasteiger partial charge >= 0.3 is 0 Å². The maximum absolute atomic E-state index is 6.09. The molecule has 3 aromatic rings. The number of nitrogens with two attached hydrogens (primary N) is 1. The highest BCUT2D eigenvalue weighted by molar-refractivity contribution is 5.84. The molecule has 120 valence electrons. The van der Waals surface area contributed by atoms with E-state index in [1.54, 1.807) is 14.2 Å². The third kappa shape index (κ3) is 3.03. The highest BCUT2D eigenvalue weighted by Crippen LogP contribution is 2.32. The molecule has 0 spiro atoms. The predicted molar refractivity (Wildman–Crippen MR) is 91.3 cm³/mol. The van der Waals surface area contributed by atoms with Crippen molar-refractivity contribution in [3.63, 3.8) is 0 Å². The van der Waals surface area contributed by atoms with Crippen LogP contribution in [0.4, 0.5) is 0 Å². The quantitative estimate of drug-likeness (QED) is 0.756. The molecule has 2 aromatic carbocycles. The Labute approximate surface area is 135 Å². The molecule has 23 heavy (non-hydrogen) atoms. The molecule has 1 heterocycles. The molecule has 4 nitrogen and oxygen atoms in total. The zero-order chi connectivity index (χ0) is 16.2.